The third kappa shape index (κ3) is 3.17. The molecule has 0 saturated carbocycles. The van der Waals surface area contributed by atoms with E-state index in [9.17, 15) is 0 Å². The van der Waals surface area contributed by atoms with Gasteiger partial charge in [0, 0.05) is 38.6 Å². The molecule has 1 atom stereocenters. The van der Waals surface area contributed by atoms with E-state index in [1.807, 2.05) is 6.20 Å². The van der Waals surface area contributed by atoms with E-state index >= 15 is 0 Å². The molecule has 1 aromatic rings. The minimum Gasteiger partial charge on any atom is -0.384 e. The van der Waals surface area contributed by atoms with Crippen molar-refractivity contribution in [3.63, 3.8) is 0 Å². The van der Waals surface area contributed by atoms with Gasteiger partial charge in [-0.25, -0.2) is 0 Å². The molecule has 0 amide bonds. The molecule has 1 saturated heterocycles. The SMILES string of the molecule is COCC1CCCN(c2ccnc(CN)c2)C1. The van der Waals surface area contributed by atoms with Crippen LogP contribution in [0.3, 0.4) is 0 Å². The number of nitrogens with zero attached hydrogens (tertiary/aromatic N) is 2. The van der Waals surface area contributed by atoms with E-state index in [2.05, 4.69) is 22.0 Å². The average Bonchev–Trinajstić information content (AvgIpc) is 2.40. The second-order valence-electron chi connectivity index (χ2n) is 4.62. The molecule has 1 aromatic heterocycles. The van der Waals surface area contributed by atoms with Gasteiger partial charge in [-0.3, -0.25) is 4.98 Å². The van der Waals surface area contributed by atoms with Gasteiger partial charge in [-0.05, 0) is 30.9 Å². The van der Waals surface area contributed by atoms with Crippen LogP contribution >= 0.6 is 0 Å². The largest absolute Gasteiger partial charge is 0.384 e. The van der Waals surface area contributed by atoms with Crippen LogP contribution in [0.1, 0.15) is 18.5 Å². The van der Waals surface area contributed by atoms with Gasteiger partial charge in [-0.2, -0.15) is 0 Å². The van der Waals surface area contributed by atoms with Gasteiger partial charge >= 0.3 is 0 Å². The summed E-state index contributed by atoms with van der Waals surface area (Å²) >= 11 is 0. The minimum absolute atomic E-state index is 0.503. The zero-order valence-electron chi connectivity index (χ0n) is 10.4. The molecule has 17 heavy (non-hydrogen) atoms. The standard InChI is InChI=1S/C13H21N3O/c1-17-10-11-3-2-6-16(9-11)13-4-5-15-12(7-13)8-14/h4-5,7,11H,2-3,6,8-10,14H2,1H3. The summed E-state index contributed by atoms with van der Waals surface area (Å²) in [5.74, 6) is 0.642. The van der Waals surface area contributed by atoms with Crippen molar-refractivity contribution >= 4 is 5.69 Å². The van der Waals surface area contributed by atoms with Gasteiger partial charge in [0.1, 0.15) is 0 Å². The highest BCUT2D eigenvalue weighted by Gasteiger charge is 2.20. The topological polar surface area (TPSA) is 51.4 Å². The Morgan fingerprint density at radius 1 is 1.59 bits per heavy atom. The molecule has 0 aromatic carbocycles. The number of hydrogen-bond donors (Lipinski definition) is 1. The molecule has 1 aliphatic heterocycles. The minimum atomic E-state index is 0.503. The van der Waals surface area contributed by atoms with E-state index in [0.717, 1.165) is 25.4 Å². The molecule has 1 unspecified atom stereocenters. The lowest BCUT2D eigenvalue weighted by Crippen LogP contribution is -2.37. The van der Waals surface area contributed by atoms with Crippen molar-refractivity contribution < 1.29 is 4.74 Å². The van der Waals surface area contributed by atoms with E-state index in [4.69, 9.17) is 10.5 Å². The maximum absolute atomic E-state index is 5.62. The Labute approximate surface area is 103 Å². The third-order valence-corrected chi connectivity index (χ3v) is 3.30. The summed E-state index contributed by atoms with van der Waals surface area (Å²) in [6.45, 7) is 3.55. The van der Waals surface area contributed by atoms with Crippen molar-refractivity contribution in [3.8, 4) is 0 Å². The molecule has 0 bridgehead atoms. The fraction of sp³-hybridized carbons (Fsp3) is 0.615. The first kappa shape index (κ1) is 12.3. The Morgan fingerprint density at radius 3 is 3.24 bits per heavy atom. The van der Waals surface area contributed by atoms with E-state index < -0.39 is 0 Å². The molecule has 4 heteroatoms. The highest BCUT2D eigenvalue weighted by molar-refractivity contribution is 5.47. The number of rotatable bonds is 4. The average molecular weight is 235 g/mol. The van der Waals surface area contributed by atoms with Gasteiger partial charge in [0.15, 0.2) is 0 Å². The Hall–Kier alpha value is -1.13. The van der Waals surface area contributed by atoms with Crippen LogP contribution in [0.25, 0.3) is 0 Å². The Bertz CT molecular complexity index is 354. The first-order chi connectivity index (χ1) is 8.33. The van der Waals surface area contributed by atoms with Crippen molar-refractivity contribution in [3.05, 3.63) is 24.0 Å². The van der Waals surface area contributed by atoms with Gasteiger partial charge in [0.05, 0.1) is 12.3 Å². The van der Waals surface area contributed by atoms with Crippen molar-refractivity contribution in [1.29, 1.82) is 0 Å². The molecule has 1 aliphatic rings. The van der Waals surface area contributed by atoms with Crippen LogP contribution in [0.15, 0.2) is 18.3 Å². The van der Waals surface area contributed by atoms with E-state index in [1.54, 1.807) is 7.11 Å². The molecule has 2 N–H and O–H groups in total. The van der Waals surface area contributed by atoms with Gasteiger partial charge in [0.2, 0.25) is 0 Å². The summed E-state index contributed by atoms with van der Waals surface area (Å²) in [6, 6.07) is 4.16. The lowest BCUT2D eigenvalue weighted by atomic mass is 9.98. The van der Waals surface area contributed by atoms with E-state index in [1.165, 1.54) is 18.5 Å². The fourth-order valence-corrected chi connectivity index (χ4v) is 2.45. The highest BCUT2D eigenvalue weighted by atomic mass is 16.5. The molecule has 4 nitrogen and oxygen atoms in total. The number of ether oxygens (including phenoxy) is 1. The van der Waals surface area contributed by atoms with Crippen LogP contribution in [-0.4, -0.2) is 31.8 Å². The quantitative estimate of drug-likeness (QED) is 0.857. The molecule has 2 heterocycles. The Kier molecular flexibility index (Phi) is 4.34. The highest BCUT2D eigenvalue weighted by Crippen LogP contribution is 2.23. The van der Waals surface area contributed by atoms with Crippen LogP contribution in [0.2, 0.25) is 0 Å². The Balaban J connectivity index is 2.05. The molecule has 1 fully saturated rings. The summed E-state index contributed by atoms with van der Waals surface area (Å²) in [6.07, 6.45) is 4.34. The molecule has 0 radical (unpaired) electrons. The molecule has 0 spiro atoms. The van der Waals surface area contributed by atoms with Gasteiger partial charge in [-0.15, -0.1) is 0 Å². The molecule has 0 aliphatic carbocycles. The normalized spacial score (nSPS) is 20.6. The van der Waals surface area contributed by atoms with Crippen molar-refractivity contribution in [2.45, 2.75) is 19.4 Å². The number of piperidine rings is 1. The second-order valence-corrected chi connectivity index (χ2v) is 4.62. The third-order valence-electron chi connectivity index (χ3n) is 3.30. The van der Waals surface area contributed by atoms with Crippen LogP contribution in [0.4, 0.5) is 5.69 Å². The molecule has 94 valence electrons. The number of aromatic nitrogens is 1. The maximum Gasteiger partial charge on any atom is 0.0560 e. The van der Waals surface area contributed by atoms with E-state index in [-0.39, 0.29) is 0 Å². The number of anilines is 1. The van der Waals surface area contributed by atoms with Crippen LogP contribution < -0.4 is 10.6 Å². The summed E-state index contributed by atoms with van der Waals surface area (Å²) < 4.78 is 5.25. The Morgan fingerprint density at radius 2 is 2.47 bits per heavy atom. The molecule has 2 rings (SSSR count). The zero-order valence-corrected chi connectivity index (χ0v) is 10.4. The number of pyridine rings is 1. The fourth-order valence-electron chi connectivity index (χ4n) is 2.45. The lowest BCUT2D eigenvalue weighted by Gasteiger charge is -2.34. The van der Waals surface area contributed by atoms with Gasteiger partial charge in [0.25, 0.3) is 0 Å². The lowest BCUT2D eigenvalue weighted by molar-refractivity contribution is 0.143. The summed E-state index contributed by atoms with van der Waals surface area (Å²) in [5.41, 5.74) is 7.81. The van der Waals surface area contributed by atoms with Crippen LogP contribution in [-0.2, 0) is 11.3 Å². The second kappa shape index (κ2) is 5.98. The monoisotopic (exact) mass is 235 g/mol. The van der Waals surface area contributed by atoms with Crippen LogP contribution in [0.5, 0.6) is 0 Å². The van der Waals surface area contributed by atoms with E-state index in [0.29, 0.717) is 12.5 Å². The first-order valence-corrected chi connectivity index (χ1v) is 6.22. The van der Waals surface area contributed by atoms with Gasteiger partial charge in [-0.1, -0.05) is 0 Å². The summed E-state index contributed by atoms with van der Waals surface area (Å²) in [7, 11) is 1.78. The van der Waals surface area contributed by atoms with Crippen molar-refractivity contribution in [1.82, 2.24) is 4.98 Å². The molecular weight excluding hydrogens is 214 g/mol. The van der Waals surface area contributed by atoms with Crippen molar-refractivity contribution in [2.75, 3.05) is 31.7 Å². The molecular formula is C13H21N3O. The predicted molar refractivity (Wildman–Crippen MR) is 68.9 cm³/mol. The van der Waals surface area contributed by atoms with Gasteiger partial charge < -0.3 is 15.4 Å². The zero-order chi connectivity index (χ0) is 12.1. The summed E-state index contributed by atoms with van der Waals surface area (Å²) in [5, 5.41) is 0. The number of hydrogen-bond acceptors (Lipinski definition) is 4. The summed E-state index contributed by atoms with van der Waals surface area (Å²) in [4.78, 5) is 6.64. The first-order valence-electron chi connectivity index (χ1n) is 6.22. The smallest absolute Gasteiger partial charge is 0.0560 e. The number of methoxy groups -OCH3 is 1. The maximum atomic E-state index is 5.62. The predicted octanol–water partition coefficient (Wildman–Crippen LogP) is 1.40. The van der Waals surface area contributed by atoms with Crippen LogP contribution in [0, 0.1) is 5.92 Å². The number of nitrogens with two attached hydrogens (primary N) is 1. The van der Waals surface area contributed by atoms with Crippen molar-refractivity contribution in [2.24, 2.45) is 11.7 Å².